The van der Waals surface area contributed by atoms with E-state index in [9.17, 15) is 0 Å². The van der Waals surface area contributed by atoms with Crippen LogP contribution >= 0.6 is 0 Å². The fraction of sp³-hybridized carbons (Fsp3) is 0.318. The highest BCUT2D eigenvalue weighted by atomic mass is 15.3. The minimum Gasteiger partial charge on any atom is -0.372 e. The summed E-state index contributed by atoms with van der Waals surface area (Å²) in [5, 5.41) is 14.8. The molecule has 6 nitrogen and oxygen atoms in total. The fourth-order valence-electron chi connectivity index (χ4n) is 3.40. The molecule has 2 aromatic carbocycles. The molecule has 146 valence electrons. The highest BCUT2D eigenvalue weighted by Gasteiger charge is 2.08. The Hall–Kier alpha value is -3.15. The van der Waals surface area contributed by atoms with Crippen LogP contribution in [0.2, 0.25) is 0 Å². The van der Waals surface area contributed by atoms with Crippen molar-refractivity contribution in [2.75, 3.05) is 28.6 Å². The van der Waals surface area contributed by atoms with Gasteiger partial charge in [-0.25, -0.2) is 0 Å². The van der Waals surface area contributed by atoms with Crippen LogP contribution in [0, 0.1) is 20.8 Å². The summed E-state index contributed by atoms with van der Waals surface area (Å²) in [4.78, 5) is 6.86. The Balaban J connectivity index is 1.75. The summed E-state index contributed by atoms with van der Waals surface area (Å²) in [5.41, 5.74) is 6.79. The van der Waals surface area contributed by atoms with E-state index in [-0.39, 0.29) is 0 Å². The van der Waals surface area contributed by atoms with Crippen molar-refractivity contribution in [3.8, 4) is 0 Å². The molecule has 0 radical (unpaired) electrons. The summed E-state index contributed by atoms with van der Waals surface area (Å²) < 4.78 is 0. The molecule has 0 atom stereocenters. The molecule has 1 aromatic heterocycles. The lowest BCUT2D eigenvalue weighted by Gasteiger charge is -2.21. The van der Waals surface area contributed by atoms with E-state index in [0.29, 0.717) is 11.8 Å². The normalized spacial score (nSPS) is 10.6. The predicted molar refractivity (Wildman–Crippen MR) is 117 cm³/mol. The minimum absolute atomic E-state index is 0.461. The van der Waals surface area contributed by atoms with Gasteiger partial charge in [0, 0.05) is 30.2 Å². The number of hydrogen-bond acceptors (Lipinski definition) is 6. The number of benzene rings is 2. The van der Waals surface area contributed by atoms with E-state index in [1.807, 2.05) is 12.1 Å². The molecule has 6 heteroatoms. The number of aromatic nitrogens is 3. The zero-order valence-electron chi connectivity index (χ0n) is 17.2. The number of rotatable bonds is 7. The molecule has 0 aliphatic carbocycles. The second-order valence-electron chi connectivity index (χ2n) is 6.91. The summed E-state index contributed by atoms with van der Waals surface area (Å²) in [6.45, 7) is 12.6. The number of aryl methyl sites for hydroxylation is 3. The molecule has 0 saturated carbocycles. The van der Waals surface area contributed by atoms with E-state index in [2.05, 4.69) is 89.6 Å². The number of anilines is 5. The third-order valence-corrected chi connectivity index (χ3v) is 4.74. The van der Waals surface area contributed by atoms with Gasteiger partial charge in [0.15, 0.2) is 5.82 Å². The highest BCUT2D eigenvalue weighted by Crippen LogP contribution is 2.25. The molecule has 0 fully saturated rings. The van der Waals surface area contributed by atoms with Crippen LogP contribution in [-0.2, 0) is 0 Å². The first kappa shape index (κ1) is 19.6. The fourth-order valence-corrected chi connectivity index (χ4v) is 3.40. The van der Waals surface area contributed by atoms with Gasteiger partial charge in [-0.3, -0.25) is 0 Å². The second-order valence-corrected chi connectivity index (χ2v) is 6.91. The van der Waals surface area contributed by atoms with Crippen molar-refractivity contribution in [1.82, 2.24) is 15.2 Å². The van der Waals surface area contributed by atoms with Crippen molar-refractivity contribution in [3.05, 3.63) is 59.3 Å². The predicted octanol–water partition coefficient (Wildman–Crippen LogP) is 5.13. The maximum absolute atomic E-state index is 4.55. The van der Waals surface area contributed by atoms with Crippen molar-refractivity contribution in [3.63, 3.8) is 0 Å². The Morgan fingerprint density at radius 2 is 1.54 bits per heavy atom. The molecule has 1 heterocycles. The molecule has 28 heavy (non-hydrogen) atoms. The quantitative estimate of drug-likeness (QED) is 0.596. The van der Waals surface area contributed by atoms with E-state index < -0.39 is 0 Å². The van der Waals surface area contributed by atoms with Gasteiger partial charge in [0.25, 0.3) is 0 Å². The molecule has 2 N–H and O–H groups in total. The van der Waals surface area contributed by atoms with Crippen LogP contribution in [-0.4, -0.2) is 28.3 Å². The first-order valence-corrected chi connectivity index (χ1v) is 9.66. The van der Waals surface area contributed by atoms with Crippen molar-refractivity contribution in [2.24, 2.45) is 0 Å². The number of nitrogens with one attached hydrogen (secondary N) is 2. The average molecular weight is 377 g/mol. The van der Waals surface area contributed by atoms with E-state index in [4.69, 9.17) is 0 Å². The van der Waals surface area contributed by atoms with Gasteiger partial charge in [0.05, 0.1) is 6.20 Å². The molecular weight excluding hydrogens is 348 g/mol. The second kappa shape index (κ2) is 8.69. The Morgan fingerprint density at radius 1 is 0.893 bits per heavy atom. The largest absolute Gasteiger partial charge is 0.372 e. The molecule has 0 unspecified atom stereocenters. The van der Waals surface area contributed by atoms with Gasteiger partial charge in [-0.2, -0.15) is 10.1 Å². The van der Waals surface area contributed by atoms with Gasteiger partial charge in [0.1, 0.15) is 0 Å². The lowest BCUT2D eigenvalue weighted by Crippen LogP contribution is -2.21. The molecule has 0 spiro atoms. The van der Waals surface area contributed by atoms with E-state index in [0.717, 1.165) is 24.5 Å². The van der Waals surface area contributed by atoms with Gasteiger partial charge in [-0.1, -0.05) is 17.7 Å². The summed E-state index contributed by atoms with van der Waals surface area (Å²) >= 11 is 0. The SMILES string of the molecule is CCN(CC)c1ccc(Nc2nncc(Nc3c(C)cc(C)cc3C)n2)cc1. The zero-order valence-corrected chi connectivity index (χ0v) is 17.2. The van der Waals surface area contributed by atoms with Gasteiger partial charge in [-0.05, 0) is 70.0 Å². The number of hydrogen-bond donors (Lipinski definition) is 2. The molecular formula is C22H28N6. The maximum Gasteiger partial charge on any atom is 0.249 e. The van der Waals surface area contributed by atoms with Gasteiger partial charge >= 0.3 is 0 Å². The highest BCUT2D eigenvalue weighted by molar-refractivity contribution is 5.66. The Bertz CT molecular complexity index is 909. The van der Waals surface area contributed by atoms with Crippen molar-refractivity contribution >= 4 is 28.8 Å². The van der Waals surface area contributed by atoms with Crippen molar-refractivity contribution in [1.29, 1.82) is 0 Å². The average Bonchev–Trinajstić information content (AvgIpc) is 2.67. The molecule has 0 amide bonds. The van der Waals surface area contributed by atoms with Crippen LogP contribution in [0.1, 0.15) is 30.5 Å². The third kappa shape index (κ3) is 4.57. The van der Waals surface area contributed by atoms with Crippen molar-refractivity contribution < 1.29 is 0 Å². The minimum atomic E-state index is 0.461. The summed E-state index contributed by atoms with van der Waals surface area (Å²) in [6.07, 6.45) is 1.63. The standard InChI is InChI=1S/C22H28N6/c1-6-28(7-2)19-10-8-18(9-11-19)24-22-26-20(14-23-27-22)25-21-16(4)12-15(3)13-17(21)5/h8-14H,6-7H2,1-5H3,(H2,24,25,26,27). The van der Waals surface area contributed by atoms with Crippen LogP contribution in [0.15, 0.2) is 42.6 Å². The van der Waals surface area contributed by atoms with Crippen LogP contribution in [0.4, 0.5) is 28.8 Å². The van der Waals surface area contributed by atoms with Crippen molar-refractivity contribution in [2.45, 2.75) is 34.6 Å². The van der Waals surface area contributed by atoms with E-state index >= 15 is 0 Å². The molecule has 0 aliphatic rings. The summed E-state index contributed by atoms with van der Waals surface area (Å²) in [7, 11) is 0. The third-order valence-electron chi connectivity index (χ3n) is 4.74. The summed E-state index contributed by atoms with van der Waals surface area (Å²) in [5.74, 6) is 1.12. The first-order chi connectivity index (χ1) is 13.5. The monoisotopic (exact) mass is 376 g/mol. The van der Waals surface area contributed by atoms with Gasteiger partial charge in [0.2, 0.25) is 5.95 Å². The Kier molecular flexibility index (Phi) is 6.09. The molecule has 0 aliphatic heterocycles. The lowest BCUT2D eigenvalue weighted by atomic mass is 10.1. The molecule has 0 saturated heterocycles. The number of nitrogens with zero attached hydrogens (tertiary/aromatic N) is 4. The molecule has 0 bridgehead atoms. The maximum atomic E-state index is 4.55. The van der Waals surface area contributed by atoms with Crippen LogP contribution < -0.4 is 15.5 Å². The van der Waals surface area contributed by atoms with Crippen LogP contribution in [0.25, 0.3) is 0 Å². The van der Waals surface area contributed by atoms with Gasteiger partial charge in [-0.15, -0.1) is 5.10 Å². The van der Waals surface area contributed by atoms with Gasteiger partial charge < -0.3 is 15.5 Å². The molecule has 3 rings (SSSR count). The Labute approximate surface area is 167 Å². The lowest BCUT2D eigenvalue weighted by molar-refractivity contribution is 0.866. The first-order valence-electron chi connectivity index (χ1n) is 9.66. The topological polar surface area (TPSA) is 66.0 Å². The summed E-state index contributed by atoms with van der Waals surface area (Å²) in [6, 6.07) is 12.6. The van der Waals surface area contributed by atoms with Crippen LogP contribution in [0.3, 0.4) is 0 Å². The smallest absolute Gasteiger partial charge is 0.249 e. The van der Waals surface area contributed by atoms with E-state index in [1.54, 1.807) is 6.20 Å². The van der Waals surface area contributed by atoms with Crippen LogP contribution in [0.5, 0.6) is 0 Å². The zero-order chi connectivity index (χ0) is 20.1. The Morgan fingerprint density at radius 3 is 2.14 bits per heavy atom. The van der Waals surface area contributed by atoms with E-state index in [1.165, 1.54) is 22.4 Å². The molecule has 3 aromatic rings.